The highest BCUT2D eigenvalue weighted by atomic mass is 35.5. The van der Waals surface area contributed by atoms with E-state index in [2.05, 4.69) is 16.5 Å². The van der Waals surface area contributed by atoms with Gasteiger partial charge in [0.25, 0.3) is 0 Å². The quantitative estimate of drug-likeness (QED) is 0.919. The lowest BCUT2D eigenvalue weighted by Gasteiger charge is -2.09. The van der Waals surface area contributed by atoms with E-state index < -0.39 is 0 Å². The van der Waals surface area contributed by atoms with Crippen molar-refractivity contribution in [3.05, 3.63) is 46.7 Å². The van der Waals surface area contributed by atoms with Gasteiger partial charge in [-0.15, -0.1) is 11.8 Å². The molecule has 1 amide bonds. The Bertz CT molecular complexity index is 612. The molecule has 0 spiro atoms. The normalized spacial score (nSPS) is 10.6. The van der Waals surface area contributed by atoms with Gasteiger partial charge in [0.15, 0.2) is 0 Å². The largest absolute Gasteiger partial charge is 0.325 e. The zero-order valence-electron chi connectivity index (χ0n) is 11.4. The van der Waals surface area contributed by atoms with Crippen molar-refractivity contribution in [2.75, 3.05) is 11.1 Å². The molecule has 106 valence electrons. The fourth-order valence-electron chi connectivity index (χ4n) is 1.78. The summed E-state index contributed by atoms with van der Waals surface area (Å²) in [5.74, 6) is 0.970. The van der Waals surface area contributed by atoms with Crippen LogP contribution < -0.4 is 5.32 Å². The number of carbonyl (C=O) groups is 1. The second-order valence-electron chi connectivity index (χ2n) is 4.54. The average molecular weight is 310 g/mol. The van der Waals surface area contributed by atoms with E-state index in [0.717, 1.165) is 11.3 Å². The summed E-state index contributed by atoms with van der Waals surface area (Å²) in [5.41, 5.74) is 3.12. The molecule has 20 heavy (non-hydrogen) atoms. The third kappa shape index (κ3) is 4.28. The van der Waals surface area contributed by atoms with Crippen molar-refractivity contribution in [2.45, 2.75) is 19.7 Å². The summed E-state index contributed by atoms with van der Waals surface area (Å²) in [5, 5.41) is 7.57. The van der Waals surface area contributed by atoms with E-state index in [9.17, 15) is 4.79 Å². The van der Waals surface area contributed by atoms with Gasteiger partial charge in [-0.05, 0) is 25.5 Å². The van der Waals surface area contributed by atoms with Crippen LogP contribution in [0.2, 0.25) is 5.02 Å². The second kappa shape index (κ2) is 6.81. The Hall–Kier alpha value is -1.46. The minimum absolute atomic E-state index is 0.0137. The van der Waals surface area contributed by atoms with Gasteiger partial charge >= 0.3 is 0 Å². The molecule has 2 rings (SSSR count). The van der Waals surface area contributed by atoms with Crippen molar-refractivity contribution in [1.29, 1.82) is 0 Å². The van der Waals surface area contributed by atoms with Crippen LogP contribution in [0.25, 0.3) is 0 Å². The molecule has 6 heteroatoms. The number of hydrogen-bond donors (Lipinski definition) is 1. The zero-order valence-corrected chi connectivity index (χ0v) is 13.0. The van der Waals surface area contributed by atoms with Crippen molar-refractivity contribution in [3.63, 3.8) is 0 Å². The third-order valence-corrected chi connectivity index (χ3v) is 3.82. The molecule has 0 aliphatic heterocycles. The molecule has 0 fully saturated rings. The maximum Gasteiger partial charge on any atom is 0.234 e. The number of thioether (sulfide) groups is 1. The number of aromatic nitrogens is 2. The number of amides is 1. The first kappa shape index (κ1) is 14.9. The summed E-state index contributed by atoms with van der Waals surface area (Å²) < 4.78 is 1.71. The van der Waals surface area contributed by atoms with Gasteiger partial charge in [-0.3, -0.25) is 9.48 Å². The predicted octanol–water partition coefficient (Wildman–Crippen LogP) is 3.48. The van der Waals surface area contributed by atoms with Gasteiger partial charge in [0.05, 0.1) is 22.8 Å². The number of hydrogen-bond acceptors (Lipinski definition) is 3. The minimum atomic E-state index is -0.0137. The summed E-state index contributed by atoms with van der Waals surface area (Å²) in [4.78, 5) is 11.9. The van der Waals surface area contributed by atoms with E-state index in [0.29, 0.717) is 16.7 Å². The van der Waals surface area contributed by atoms with Crippen LogP contribution in [-0.4, -0.2) is 21.4 Å². The standard InChI is InChI=1S/C14H16ClN3OS/c1-10-3-4-13(11(2)5-10)17-14(19)8-20-9-18-7-12(15)6-16-18/h3-7H,8-9H2,1-2H3,(H,17,19). The molecule has 0 aliphatic carbocycles. The summed E-state index contributed by atoms with van der Waals surface area (Å²) in [6.45, 7) is 4.02. The Kier molecular flexibility index (Phi) is 5.09. The van der Waals surface area contributed by atoms with Crippen LogP contribution in [0.15, 0.2) is 30.6 Å². The molecule has 0 aliphatic rings. The zero-order chi connectivity index (χ0) is 14.5. The van der Waals surface area contributed by atoms with E-state index in [-0.39, 0.29) is 5.91 Å². The third-order valence-electron chi connectivity index (χ3n) is 2.71. The molecular formula is C14H16ClN3OS. The lowest BCUT2D eigenvalue weighted by molar-refractivity contribution is -0.113. The van der Waals surface area contributed by atoms with Gasteiger partial charge in [0.1, 0.15) is 0 Å². The number of aryl methyl sites for hydroxylation is 2. The molecule has 2 aromatic rings. The lowest BCUT2D eigenvalue weighted by atomic mass is 10.1. The van der Waals surface area contributed by atoms with Gasteiger partial charge < -0.3 is 5.32 Å². The Balaban J connectivity index is 1.80. The first-order chi connectivity index (χ1) is 9.54. The topological polar surface area (TPSA) is 46.9 Å². The van der Waals surface area contributed by atoms with Crippen LogP contribution in [0.4, 0.5) is 5.69 Å². The van der Waals surface area contributed by atoms with Crippen molar-refractivity contribution in [2.24, 2.45) is 0 Å². The Morgan fingerprint density at radius 1 is 1.45 bits per heavy atom. The minimum Gasteiger partial charge on any atom is -0.325 e. The smallest absolute Gasteiger partial charge is 0.234 e. The number of nitrogens with zero attached hydrogens (tertiary/aromatic N) is 2. The van der Waals surface area contributed by atoms with Crippen LogP contribution in [0.3, 0.4) is 0 Å². The summed E-state index contributed by atoms with van der Waals surface area (Å²) in [6, 6.07) is 5.97. The van der Waals surface area contributed by atoms with Gasteiger partial charge in [-0.1, -0.05) is 29.3 Å². The number of anilines is 1. The number of nitrogens with one attached hydrogen (secondary N) is 1. The second-order valence-corrected chi connectivity index (χ2v) is 5.93. The molecule has 0 bridgehead atoms. The van der Waals surface area contributed by atoms with E-state index in [1.165, 1.54) is 17.3 Å². The van der Waals surface area contributed by atoms with Gasteiger partial charge in [-0.25, -0.2) is 0 Å². The van der Waals surface area contributed by atoms with Crippen molar-refractivity contribution >= 4 is 35.0 Å². The van der Waals surface area contributed by atoms with Crippen LogP contribution in [-0.2, 0) is 10.7 Å². The van der Waals surface area contributed by atoms with Gasteiger partial charge in [0.2, 0.25) is 5.91 Å². The first-order valence-electron chi connectivity index (χ1n) is 6.17. The van der Waals surface area contributed by atoms with Gasteiger partial charge in [0, 0.05) is 11.9 Å². The maximum absolute atomic E-state index is 11.9. The van der Waals surface area contributed by atoms with Crippen LogP contribution in [0, 0.1) is 13.8 Å². The molecule has 1 N–H and O–H groups in total. The highest BCUT2D eigenvalue weighted by Gasteiger charge is 2.05. The van der Waals surface area contributed by atoms with E-state index in [1.807, 2.05) is 26.0 Å². The van der Waals surface area contributed by atoms with Crippen molar-refractivity contribution < 1.29 is 4.79 Å². The molecule has 1 aromatic heterocycles. The molecular weight excluding hydrogens is 294 g/mol. The van der Waals surface area contributed by atoms with Gasteiger partial charge in [-0.2, -0.15) is 5.10 Å². The molecule has 0 unspecified atom stereocenters. The summed E-state index contributed by atoms with van der Waals surface area (Å²) >= 11 is 7.25. The van der Waals surface area contributed by atoms with Crippen LogP contribution in [0.5, 0.6) is 0 Å². The number of rotatable bonds is 5. The summed E-state index contributed by atoms with van der Waals surface area (Å²) in [7, 11) is 0. The molecule has 1 heterocycles. The van der Waals surface area contributed by atoms with E-state index in [1.54, 1.807) is 17.1 Å². The molecule has 0 radical (unpaired) electrons. The van der Waals surface area contributed by atoms with Crippen LogP contribution in [0.1, 0.15) is 11.1 Å². The Morgan fingerprint density at radius 2 is 2.25 bits per heavy atom. The molecule has 4 nitrogen and oxygen atoms in total. The number of carbonyl (C=O) groups excluding carboxylic acids is 1. The highest BCUT2D eigenvalue weighted by molar-refractivity contribution is 7.99. The van der Waals surface area contributed by atoms with E-state index in [4.69, 9.17) is 11.6 Å². The maximum atomic E-state index is 11.9. The molecule has 1 aromatic carbocycles. The predicted molar refractivity (Wildman–Crippen MR) is 84.2 cm³/mol. The first-order valence-corrected chi connectivity index (χ1v) is 7.70. The SMILES string of the molecule is Cc1ccc(NC(=O)CSCn2cc(Cl)cn2)c(C)c1. The van der Waals surface area contributed by atoms with Crippen LogP contribution >= 0.6 is 23.4 Å². The van der Waals surface area contributed by atoms with Crippen molar-refractivity contribution in [3.8, 4) is 0 Å². The Labute approximate surface area is 127 Å². The molecule has 0 atom stereocenters. The molecule has 0 saturated heterocycles. The fraction of sp³-hybridized carbons (Fsp3) is 0.286. The Morgan fingerprint density at radius 3 is 2.90 bits per heavy atom. The average Bonchev–Trinajstić information content (AvgIpc) is 2.79. The van der Waals surface area contributed by atoms with E-state index >= 15 is 0 Å². The monoisotopic (exact) mass is 309 g/mol. The molecule has 0 saturated carbocycles. The summed E-state index contributed by atoms with van der Waals surface area (Å²) in [6.07, 6.45) is 3.31. The number of halogens is 1. The van der Waals surface area contributed by atoms with Crippen molar-refractivity contribution in [1.82, 2.24) is 9.78 Å². The lowest BCUT2D eigenvalue weighted by Crippen LogP contribution is -2.15. The highest BCUT2D eigenvalue weighted by Crippen LogP contribution is 2.16. The number of benzene rings is 1. The fourth-order valence-corrected chi connectivity index (χ4v) is 2.61.